The average molecular weight is 360 g/mol. The zero-order valence-electron chi connectivity index (χ0n) is 15.9. The number of nitrogens with one attached hydrogen (secondary N) is 2. The summed E-state index contributed by atoms with van der Waals surface area (Å²) in [7, 11) is 0. The van der Waals surface area contributed by atoms with Gasteiger partial charge in [-0.25, -0.2) is 0 Å². The number of fused-ring (bicyclic) bond motifs is 1. The maximum absolute atomic E-state index is 12.4. The van der Waals surface area contributed by atoms with E-state index in [1.165, 1.54) is 0 Å². The standard InChI is InChI=1S/C23H24N2O2/c1-15-11-16(2)13-20(12-15)25-23(27)17(3)24-22(26)14-19-9-6-8-18-7-4-5-10-21(18)19/h4-13,17H,14H2,1-3H3,(H,24,26)(H,25,27)/t17-/m0/s1. The second-order valence-electron chi connectivity index (χ2n) is 6.97. The minimum atomic E-state index is -0.617. The molecule has 27 heavy (non-hydrogen) atoms. The number of hydrogen-bond acceptors (Lipinski definition) is 2. The SMILES string of the molecule is Cc1cc(C)cc(NC(=O)[C@H](C)NC(=O)Cc2cccc3ccccc23)c1. The Bertz CT molecular complexity index is 969. The molecule has 3 rings (SSSR count). The van der Waals surface area contributed by atoms with E-state index in [0.29, 0.717) is 0 Å². The predicted molar refractivity (Wildman–Crippen MR) is 110 cm³/mol. The molecule has 138 valence electrons. The highest BCUT2D eigenvalue weighted by Crippen LogP contribution is 2.19. The van der Waals surface area contributed by atoms with Crippen molar-refractivity contribution in [3.05, 3.63) is 77.4 Å². The van der Waals surface area contributed by atoms with Gasteiger partial charge in [-0.1, -0.05) is 48.5 Å². The summed E-state index contributed by atoms with van der Waals surface area (Å²) >= 11 is 0. The van der Waals surface area contributed by atoms with Gasteiger partial charge < -0.3 is 10.6 Å². The van der Waals surface area contributed by atoms with Crippen LogP contribution >= 0.6 is 0 Å². The Labute approximate surface area is 159 Å². The molecule has 0 bridgehead atoms. The molecular weight excluding hydrogens is 336 g/mol. The molecule has 3 aromatic rings. The van der Waals surface area contributed by atoms with Crippen molar-refractivity contribution in [3.63, 3.8) is 0 Å². The number of amides is 2. The largest absolute Gasteiger partial charge is 0.344 e. The van der Waals surface area contributed by atoms with Gasteiger partial charge in [0.05, 0.1) is 6.42 Å². The van der Waals surface area contributed by atoms with Gasteiger partial charge >= 0.3 is 0 Å². The molecule has 0 saturated carbocycles. The molecule has 0 aromatic heterocycles. The van der Waals surface area contributed by atoms with Crippen LogP contribution in [0.4, 0.5) is 5.69 Å². The van der Waals surface area contributed by atoms with Crippen LogP contribution in [0, 0.1) is 13.8 Å². The minimum absolute atomic E-state index is 0.172. The predicted octanol–water partition coefficient (Wildman–Crippen LogP) is 4.14. The summed E-state index contributed by atoms with van der Waals surface area (Å²) < 4.78 is 0. The van der Waals surface area contributed by atoms with Gasteiger partial charge in [0.15, 0.2) is 0 Å². The topological polar surface area (TPSA) is 58.2 Å². The van der Waals surface area contributed by atoms with Gasteiger partial charge in [0, 0.05) is 5.69 Å². The zero-order valence-corrected chi connectivity index (χ0v) is 15.9. The van der Waals surface area contributed by atoms with Gasteiger partial charge in [0.25, 0.3) is 0 Å². The van der Waals surface area contributed by atoms with Crippen molar-refractivity contribution in [2.45, 2.75) is 33.2 Å². The number of rotatable bonds is 5. The summed E-state index contributed by atoms with van der Waals surface area (Å²) in [5.41, 5.74) is 3.86. The molecule has 1 atom stereocenters. The van der Waals surface area contributed by atoms with Crippen LogP contribution < -0.4 is 10.6 Å². The Morgan fingerprint density at radius 2 is 1.59 bits per heavy atom. The first kappa shape index (κ1) is 18.6. The van der Waals surface area contributed by atoms with Gasteiger partial charge in [-0.05, 0) is 60.4 Å². The second kappa shape index (κ2) is 8.04. The smallest absolute Gasteiger partial charge is 0.246 e. The Morgan fingerprint density at radius 3 is 2.33 bits per heavy atom. The van der Waals surface area contributed by atoms with E-state index in [2.05, 4.69) is 10.6 Å². The van der Waals surface area contributed by atoms with E-state index < -0.39 is 6.04 Å². The van der Waals surface area contributed by atoms with Crippen molar-refractivity contribution in [3.8, 4) is 0 Å². The normalized spacial score (nSPS) is 11.8. The van der Waals surface area contributed by atoms with E-state index in [0.717, 1.165) is 33.2 Å². The summed E-state index contributed by atoms with van der Waals surface area (Å²) in [4.78, 5) is 24.9. The lowest BCUT2D eigenvalue weighted by molar-refractivity contribution is -0.125. The summed E-state index contributed by atoms with van der Waals surface area (Å²) in [5.74, 6) is -0.402. The number of anilines is 1. The van der Waals surface area contributed by atoms with Crippen LogP contribution in [-0.4, -0.2) is 17.9 Å². The van der Waals surface area contributed by atoms with Crippen LogP contribution in [-0.2, 0) is 16.0 Å². The first-order valence-corrected chi connectivity index (χ1v) is 9.07. The summed E-state index contributed by atoms with van der Waals surface area (Å²) in [6, 6.07) is 19.1. The Hall–Kier alpha value is -3.14. The number of aryl methyl sites for hydroxylation is 2. The molecule has 0 spiro atoms. The van der Waals surface area contributed by atoms with Crippen molar-refractivity contribution < 1.29 is 9.59 Å². The second-order valence-corrected chi connectivity index (χ2v) is 6.97. The maximum Gasteiger partial charge on any atom is 0.246 e. The lowest BCUT2D eigenvalue weighted by Crippen LogP contribution is -2.42. The van der Waals surface area contributed by atoms with Crippen LogP contribution in [0.15, 0.2) is 60.7 Å². The first-order chi connectivity index (χ1) is 12.9. The third-order valence-corrected chi connectivity index (χ3v) is 4.49. The summed E-state index contributed by atoms with van der Waals surface area (Å²) in [6.07, 6.45) is 0.239. The quantitative estimate of drug-likeness (QED) is 0.718. The lowest BCUT2D eigenvalue weighted by atomic mass is 10.0. The number of hydrogen-bond donors (Lipinski definition) is 2. The highest BCUT2D eigenvalue weighted by molar-refractivity contribution is 5.98. The zero-order chi connectivity index (χ0) is 19.4. The fourth-order valence-electron chi connectivity index (χ4n) is 3.28. The molecule has 0 saturated heterocycles. The van der Waals surface area contributed by atoms with Crippen LogP contribution in [0.5, 0.6) is 0 Å². The molecule has 2 amide bonds. The summed E-state index contributed by atoms with van der Waals surface area (Å²) in [5, 5.41) is 7.82. The maximum atomic E-state index is 12.4. The monoisotopic (exact) mass is 360 g/mol. The Morgan fingerprint density at radius 1 is 0.926 bits per heavy atom. The highest BCUT2D eigenvalue weighted by Gasteiger charge is 2.16. The van der Waals surface area contributed by atoms with Gasteiger partial charge in [0.2, 0.25) is 11.8 Å². The number of carbonyl (C=O) groups excluding carboxylic acids is 2. The van der Waals surface area contributed by atoms with Crippen LogP contribution in [0.2, 0.25) is 0 Å². The molecule has 0 unspecified atom stereocenters. The van der Waals surface area contributed by atoms with Crippen LogP contribution in [0.25, 0.3) is 10.8 Å². The van der Waals surface area contributed by atoms with E-state index in [9.17, 15) is 9.59 Å². The van der Waals surface area contributed by atoms with Gasteiger partial charge in [-0.2, -0.15) is 0 Å². The Balaban J connectivity index is 1.63. The van der Waals surface area contributed by atoms with Crippen molar-refractivity contribution in [2.75, 3.05) is 5.32 Å². The van der Waals surface area contributed by atoms with Gasteiger partial charge in [-0.15, -0.1) is 0 Å². The fraction of sp³-hybridized carbons (Fsp3) is 0.217. The van der Waals surface area contributed by atoms with E-state index in [-0.39, 0.29) is 18.2 Å². The fourth-order valence-corrected chi connectivity index (χ4v) is 3.28. The third kappa shape index (κ3) is 4.73. The highest BCUT2D eigenvalue weighted by atomic mass is 16.2. The first-order valence-electron chi connectivity index (χ1n) is 9.07. The third-order valence-electron chi connectivity index (χ3n) is 4.49. The molecule has 2 N–H and O–H groups in total. The van der Waals surface area contributed by atoms with E-state index in [4.69, 9.17) is 0 Å². The van der Waals surface area contributed by atoms with Crippen molar-refractivity contribution >= 4 is 28.3 Å². The van der Waals surface area contributed by atoms with E-state index in [1.807, 2.05) is 74.5 Å². The van der Waals surface area contributed by atoms with Crippen molar-refractivity contribution in [1.82, 2.24) is 5.32 Å². The molecule has 0 aliphatic rings. The molecule has 0 aliphatic carbocycles. The number of carbonyl (C=O) groups is 2. The van der Waals surface area contributed by atoms with Gasteiger partial charge in [0.1, 0.15) is 6.04 Å². The number of benzene rings is 3. The molecule has 3 aromatic carbocycles. The minimum Gasteiger partial charge on any atom is -0.344 e. The molecule has 4 heteroatoms. The van der Waals surface area contributed by atoms with Crippen LogP contribution in [0.1, 0.15) is 23.6 Å². The average Bonchev–Trinajstić information content (AvgIpc) is 2.61. The van der Waals surface area contributed by atoms with Crippen molar-refractivity contribution in [1.29, 1.82) is 0 Å². The van der Waals surface area contributed by atoms with Gasteiger partial charge in [-0.3, -0.25) is 9.59 Å². The molecule has 4 nitrogen and oxygen atoms in total. The molecule has 0 heterocycles. The molecule has 0 radical (unpaired) electrons. The molecule has 0 fully saturated rings. The van der Waals surface area contributed by atoms with Crippen LogP contribution in [0.3, 0.4) is 0 Å². The van der Waals surface area contributed by atoms with E-state index >= 15 is 0 Å². The lowest BCUT2D eigenvalue weighted by Gasteiger charge is -2.15. The van der Waals surface area contributed by atoms with E-state index in [1.54, 1.807) is 6.92 Å². The summed E-state index contributed by atoms with van der Waals surface area (Å²) in [6.45, 7) is 5.66. The molecular formula is C23H24N2O2. The molecule has 0 aliphatic heterocycles. The Kier molecular flexibility index (Phi) is 5.55. The van der Waals surface area contributed by atoms with Crippen molar-refractivity contribution in [2.24, 2.45) is 0 Å².